The Morgan fingerprint density at radius 1 is 0.375 bits per heavy atom. The van der Waals surface area contributed by atoms with Gasteiger partial charge in [0.1, 0.15) is 0 Å². The molecule has 11 heteroatoms. The van der Waals surface area contributed by atoms with Crippen LogP contribution in [0.15, 0.2) is 87.2 Å². The standard InChI is InChI=1S/C29H28Br2N6O3/c30-13-15-32-21-7-1-3-9-23(21)34(27(32)38)17-19-36-25-11-5-6-12-26(25)37(29(36)40)20-18-35-24-10-4-2-8-22(24)33(16-14-31)28(35)39/h1-12H,13-20H2. The Kier molecular flexibility index (Phi) is 7.41. The summed E-state index contributed by atoms with van der Waals surface area (Å²) in [4.78, 5) is 40.3. The van der Waals surface area contributed by atoms with Crippen LogP contribution in [0.3, 0.4) is 0 Å². The fourth-order valence-corrected chi connectivity index (χ4v) is 6.39. The molecule has 0 aliphatic carbocycles. The number of fused-ring (bicyclic) bond motifs is 3. The zero-order chi connectivity index (χ0) is 27.8. The largest absolute Gasteiger partial charge is 0.329 e. The van der Waals surface area contributed by atoms with E-state index in [1.54, 1.807) is 27.4 Å². The van der Waals surface area contributed by atoms with Crippen molar-refractivity contribution in [2.45, 2.75) is 39.3 Å². The van der Waals surface area contributed by atoms with Crippen molar-refractivity contribution in [1.29, 1.82) is 0 Å². The Morgan fingerprint density at radius 3 is 0.775 bits per heavy atom. The monoisotopic (exact) mass is 666 g/mol. The first-order chi connectivity index (χ1) is 19.5. The highest BCUT2D eigenvalue weighted by Gasteiger charge is 2.18. The molecular weight excluding hydrogens is 640 g/mol. The van der Waals surface area contributed by atoms with E-state index in [9.17, 15) is 14.4 Å². The van der Waals surface area contributed by atoms with Crippen LogP contribution in [-0.2, 0) is 39.3 Å². The van der Waals surface area contributed by atoms with Gasteiger partial charge in [-0.25, -0.2) is 14.4 Å². The molecule has 0 unspecified atom stereocenters. The first-order valence-electron chi connectivity index (χ1n) is 13.2. The molecule has 6 rings (SSSR count). The van der Waals surface area contributed by atoms with Gasteiger partial charge in [0.2, 0.25) is 0 Å². The van der Waals surface area contributed by atoms with Crippen molar-refractivity contribution in [1.82, 2.24) is 27.4 Å². The van der Waals surface area contributed by atoms with E-state index in [0.29, 0.717) is 49.9 Å². The predicted octanol–water partition coefficient (Wildman–Crippen LogP) is 4.23. The lowest BCUT2D eigenvalue weighted by Crippen LogP contribution is -2.31. The van der Waals surface area contributed by atoms with Crippen LogP contribution in [0.5, 0.6) is 0 Å². The summed E-state index contributed by atoms with van der Waals surface area (Å²) in [6, 6.07) is 23.2. The Balaban J connectivity index is 1.35. The average molecular weight is 668 g/mol. The highest BCUT2D eigenvalue weighted by molar-refractivity contribution is 9.09. The SMILES string of the molecule is O=c1n(CCBr)c2ccccc2n1CCn1c(=O)n(CCn2c(=O)n(CCBr)c3ccccc32)c2ccccc21. The van der Waals surface area contributed by atoms with E-state index in [2.05, 4.69) is 31.9 Å². The molecule has 6 aromatic rings. The Bertz CT molecular complexity index is 1880. The molecule has 0 aliphatic rings. The summed E-state index contributed by atoms with van der Waals surface area (Å²) in [5.41, 5.74) is 4.74. The van der Waals surface area contributed by atoms with Crippen LogP contribution < -0.4 is 17.1 Å². The lowest BCUT2D eigenvalue weighted by atomic mass is 10.3. The number of hydrogen-bond acceptors (Lipinski definition) is 3. The summed E-state index contributed by atoms with van der Waals surface area (Å²) in [6.07, 6.45) is 0. The molecule has 0 bridgehead atoms. The first kappa shape index (κ1) is 26.6. The number of nitrogens with zero attached hydrogens (tertiary/aromatic N) is 6. The van der Waals surface area contributed by atoms with Gasteiger partial charge in [-0.15, -0.1) is 0 Å². The normalized spacial score (nSPS) is 11.8. The smallest absolute Gasteiger partial charge is 0.291 e. The van der Waals surface area contributed by atoms with E-state index in [1.807, 2.05) is 72.8 Å². The number of aryl methyl sites for hydroxylation is 6. The minimum atomic E-state index is -0.157. The van der Waals surface area contributed by atoms with E-state index in [4.69, 9.17) is 0 Å². The maximum atomic E-state index is 13.8. The summed E-state index contributed by atoms with van der Waals surface area (Å²) in [7, 11) is 0. The Hall–Kier alpha value is -3.57. The molecule has 206 valence electrons. The third-order valence-corrected chi connectivity index (χ3v) is 8.20. The molecule has 9 nitrogen and oxygen atoms in total. The number of benzene rings is 3. The molecule has 3 aromatic carbocycles. The number of rotatable bonds is 10. The van der Waals surface area contributed by atoms with Crippen molar-refractivity contribution in [2.24, 2.45) is 0 Å². The van der Waals surface area contributed by atoms with Gasteiger partial charge in [-0.2, -0.15) is 0 Å². The van der Waals surface area contributed by atoms with Crippen molar-refractivity contribution < 1.29 is 0 Å². The van der Waals surface area contributed by atoms with E-state index in [-0.39, 0.29) is 17.1 Å². The molecule has 40 heavy (non-hydrogen) atoms. The minimum absolute atomic E-state index is 0.0864. The van der Waals surface area contributed by atoms with E-state index < -0.39 is 0 Å². The lowest BCUT2D eigenvalue weighted by molar-refractivity contribution is 0.524. The van der Waals surface area contributed by atoms with Crippen LogP contribution in [0, 0.1) is 0 Å². The van der Waals surface area contributed by atoms with Crippen LogP contribution in [0.4, 0.5) is 0 Å². The van der Waals surface area contributed by atoms with Crippen LogP contribution in [0.2, 0.25) is 0 Å². The molecular formula is C29H28Br2N6O3. The highest BCUT2D eigenvalue weighted by Crippen LogP contribution is 2.17. The summed E-state index contributed by atoms with van der Waals surface area (Å²) >= 11 is 6.89. The zero-order valence-corrected chi connectivity index (χ0v) is 24.9. The van der Waals surface area contributed by atoms with Gasteiger partial charge in [0.15, 0.2) is 0 Å². The van der Waals surface area contributed by atoms with Crippen molar-refractivity contribution >= 4 is 65.0 Å². The second-order valence-corrected chi connectivity index (χ2v) is 11.2. The molecule has 0 saturated heterocycles. The topological polar surface area (TPSA) is 80.8 Å². The van der Waals surface area contributed by atoms with Crippen LogP contribution in [0.1, 0.15) is 0 Å². The summed E-state index contributed by atoms with van der Waals surface area (Å²) in [6.45, 7) is 2.55. The van der Waals surface area contributed by atoms with Gasteiger partial charge >= 0.3 is 17.1 Å². The van der Waals surface area contributed by atoms with Crippen molar-refractivity contribution in [3.05, 3.63) is 104 Å². The van der Waals surface area contributed by atoms with Crippen molar-refractivity contribution in [3.8, 4) is 0 Å². The Labute approximate surface area is 245 Å². The van der Waals surface area contributed by atoms with Crippen molar-refractivity contribution in [3.63, 3.8) is 0 Å². The summed E-state index contributed by atoms with van der Waals surface area (Å²) < 4.78 is 10.5. The molecule has 0 amide bonds. The maximum absolute atomic E-state index is 13.8. The van der Waals surface area contributed by atoms with Gasteiger partial charge in [0, 0.05) is 49.9 Å². The zero-order valence-electron chi connectivity index (χ0n) is 21.7. The molecule has 0 fully saturated rings. The first-order valence-corrected chi connectivity index (χ1v) is 15.5. The maximum Gasteiger partial charge on any atom is 0.329 e. The van der Waals surface area contributed by atoms with E-state index in [1.165, 1.54) is 0 Å². The third-order valence-electron chi connectivity index (χ3n) is 7.49. The van der Waals surface area contributed by atoms with Gasteiger partial charge in [-0.3, -0.25) is 27.4 Å². The number of aromatic nitrogens is 6. The molecule has 0 saturated carbocycles. The number of alkyl halides is 2. The highest BCUT2D eigenvalue weighted by atomic mass is 79.9. The van der Waals surface area contributed by atoms with E-state index in [0.717, 1.165) is 33.1 Å². The molecule has 0 spiro atoms. The minimum Gasteiger partial charge on any atom is -0.291 e. The van der Waals surface area contributed by atoms with Crippen LogP contribution in [-0.4, -0.2) is 38.1 Å². The van der Waals surface area contributed by atoms with Gasteiger partial charge in [-0.1, -0.05) is 68.3 Å². The quantitative estimate of drug-likeness (QED) is 0.205. The second kappa shape index (κ2) is 11.1. The molecule has 3 aromatic heterocycles. The average Bonchev–Trinajstić information content (AvgIpc) is 3.51. The lowest BCUT2D eigenvalue weighted by Gasteiger charge is -2.06. The fraction of sp³-hybridized carbons (Fsp3) is 0.276. The predicted molar refractivity (Wildman–Crippen MR) is 166 cm³/mol. The number of imidazole rings is 3. The Morgan fingerprint density at radius 2 is 0.575 bits per heavy atom. The fourth-order valence-electron chi connectivity index (χ4n) is 5.68. The van der Waals surface area contributed by atoms with E-state index >= 15 is 0 Å². The van der Waals surface area contributed by atoms with Crippen LogP contribution in [0.25, 0.3) is 33.1 Å². The van der Waals surface area contributed by atoms with Crippen LogP contribution >= 0.6 is 31.9 Å². The number of halogens is 2. The summed E-state index contributed by atoms with van der Waals surface area (Å²) in [5, 5.41) is 1.34. The second-order valence-electron chi connectivity index (χ2n) is 9.60. The molecule has 0 N–H and O–H groups in total. The van der Waals surface area contributed by atoms with Gasteiger partial charge in [0.05, 0.1) is 33.1 Å². The summed E-state index contributed by atoms with van der Waals surface area (Å²) in [5.74, 6) is 0. The van der Waals surface area contributed by atoms with Gasteiger partial charge in [0.25, 0.3) is 0 Å². The molecule has 0 aliphatic heterocycles. The molecule has 0 radical (unpaired) electrons. The molecule has 0 atom stereocenters. The third kappa shape index (κ3) is 4.41. The van der Waals surface area contributed by atoms with Gasteiger partial charge in [-0.05, 0) is 36.4 Å². The van der Waals surface area contributed by atoms with Crippen molar-refractivity contribution in [2.75, 3.05) is 10.7 Å². The number of hydrogen-bond donors (Lipinski definition) is 0. The molecule has 3 heterocycles. The van der Waals surface area contributed by atoms with Gasteiger partial charge < -0.3 is 0 Å². The number of para-hydroxylation sites is 6.